The number of nitrogens with one attached hydrogen (secondary N) is 2. The number of hydrogen-bond acceptors (Lipinski definition) is 5. The van der Waals surface area contributed by atoms with E-state index in [4.69, 9.17) is 9.47 Å². The third-order valence-corrected chi connectivity index (χ3v) is 5.96. The summed E-state index contributed by atoms with van der Waals surface area (Å²) in [5.74, 6) is 0.514. The van der Waals surface area contributed by atoms with Crippen LogP contribution in [0.1, 0.15) is 31.2 Å². The van der Waals surface area contributed by atoms with Crippen molar-refractivity contribution < 1.29 is 14.3 Å². The standard InChI is InChI=1S/C23H30N4O3/c1-29-11-12-30-22-10-7-18(15-24-22)25-23(28)26-19-13-20-8-9-21(14-19)27(20)16-17-5-3-2-4-6-17/h2-7,10,15,19-21H,8-9,11-14,16H2,1H3,(H2,25,26,28). The largest absolute Gasteiger partial charge is 0.475 e. The highest BCUT2D eigenvalue weighted by Gasteiger charge is 2.40. The summed E-state index contributed by atoms with van der Waals surface area (Å²) in [7, 11) is 1.63. The molecule has 2 unspecified atom stereocenters. The highest BCUT2D eigenvalue weighted by atomic mass is 16.5. The normalized spacial score (nSPS) is 23.2. The van der Waals surface area contributed by atoms with Crippen LogP contribution in [0.15, 0.2) is 48.7 Å². The summed E-state index contributed by atoms with van der Waals surface area (Å²) >= 11 is 0. The minimum atomic E-state index is -0.175. The molecule has 2 atom stereocenters. The number of ether oxygens (including phenoxy) is 2. The lowest BCUT2D eigenvalue weighted by Gasteiger charge is -2.39. The zero-order valence-corrected chi connectivity index (χ0v) is 17.4. The molecule has 0 radical (unpaired) electrons. The molecule has 0 saturated carbocycles. The summed E-state index contributed by atoms with van der Waals surface area (Å²) in [6, 6.07) is 15.3. The van der Waals surface area contributed by atoms with E-state index in [1.165, 1.54) is 18.4 Å². The van der Waals surface area contributed by atoms with Gasteiger partial charge < -0.3 is 20.1 Å². The molecule has 7 heteroatoms. The average molecular weight is 411 g/mol. The molecule has 2 saturated heterocycles. The van der Waals surface area contributed by atoms with Gasteiger partial charge in [-0.2, -0.15) is 0 Å². The van der Waals surface area contributed by atoms with Gasteiger partial charge in [0.05, 0.1) is 18.5 Å². The molecule has 2 amide bonds. The molecule has 0 spiro atoms. The molecule has 4 rings (SSSR count). The Morgan fingerprint density at radius 1 is 1.10 bits per heavy atom. The number of hydrogen-bond donors (Lipinski definition) is 2. The molecule has 2 aliphatic heterocycles. The van der Waals surface area contributed by atoms with E-state index in [1.807, 2.05) is 0 Å². The zero-order valence-electron chi connectivity index (χ0n) is 17.4. The van der Waals surface area contributed by atoms with Crippen LogP contribution in [0.3, 0.4) is 0 Å². The number of amides is 2. The number of aromatic nitrogens is 1. The van der Waals surface area contributed by atoms with Gasteiger partial charge in [0, 0.05) is 37.8 Å². The fourth-order valence-electron chi connectivity index (χ4n) is 4.57. The summed E-state index contributed by atoms with van der Waals surface area (Å²) in [6.45, 7) is 1.96. The van der Waals surface area contributed by atoms with Crippen molar-refractivity contribution >= 4 is 11.7 Å². The molecule has 1 aromatic carbocycles. The van der Waals surface area contributed by atoms with E-state index in [9.17, 15) is 4.79 Å². The molecule has 7 nitrogen and oxygen atoms in total. The van der Waals surface area contributed by atoms with Crippen molar-refractivity contribution in [3.63, 3.8) is 0 Å². The van der Waals surface area contributed by atoms with E-state index in [1.54, 1.807) is 25.4 Å². The fraction of sp³-hybridized carbons (Fsp3) is 0.478. The number of nitrogens with zero attached hydrogens (tertiary/aromatic N) is 2. The molecule has 30 heavy (non-hydrogen) atoms. The summed E-state index contributed by atoms with van der Waals surface area (Å²) in [6.07, 6.45) is 6.04. The summed E-state index contributed by atoms with van der Waals surface area (Å²) in [5, 5.41) is 6.04. The van der Waals surface area contributed by atoms with Crippen molar-refractivity contribution in [2.24, 2.45) is 0 Å². The number of urea groups is 1. The number of rotatable bonds is 8. The first-order valence-electron chi connectivity index (χ1n) is 10.7. The lowest BCUT2D eigenvalue weighted by atomic mass is 9.96. The molecule has 0 aliphatic carbocycles. The van der Waals surface area contributed by atoms with E-state index >= 15 is 0 Å². The van der Waals surface area contributed by atoms with Crippen LogP contribution < -0.4 is 15.4 Å². The predicted octanol–water partition coefficient (Wildman–Crippen LogP) is 3.42. The van der Waals surface area contributed by atoms with Crippen molar-refractivity contribution in [3.05, 3.63) is 54.2 Å². The summed E-state index contributed by atoms with van der Waals surface area (Å²) < 4.78 is 10.4. The molecule has 2 N–H and O–H groups in total. The number of carbonyl (C=O) groups excluding carboxylic acids is 1. The topological polar surface area (TPSA) is 75.7 Å². The number of carbonyl (C=O) groups is 1. The van der Waals surface area contributed by atoms with E-state index in [2.05, 4.69) is 50.8 Å². The van der Waals surface area contributed by atoms with Crippen molar-refractivity contribution in [1.29, 1.82) is 0 Å². The second-order valence-corrected chi connectivity index (χ2v) is 8.04. The maximum atomic E-state index is 12.5. The Kier molecular flexibility index (Phi) is 6.81. The van der Waals surface area contributed by atoms with E-state index in [-0.39, 0.29) is 12.1 Å². The minimum Gasteiger partial charge on any atom is -0.475 e. The maximum Gasteiger partial charge on any atom is 0.319 e. The number of fused-ring (bicyclic) bond motifs is 2. The van der Waals surface area contributed by atoms with Crippen molar-refractivity contribution in [1.82, 2.24) is 15.2 Å². The first kappa shape index (κ1) is 20.6. The maximum absolute atomic E-state index is 12.5. The van der Waals surface area contributed by atoms with Gasteiger partial charge in [-0.25, -0.2) is 9.78 Å². The van der Waals surface area contributed by atoms with Crippen LogP contribution >= 0.6 is 0 Å². The van der Waals surface area contributed by atoms with Gasteiger partial charge in [-0.05, 0) is 37.3 Å². The first-order valence-corrected chi connectivity index (χ1v) is 10.7. The Bertz CT molecular complexity index is 801. The molecule has 2 bridgehead atoms. The number of piperidine rings is 1. The Hall–Kier alpha value is -2.64. The first-order chi connectivity index (χ1) is 14.7. The SMILES string of the molecule is COCCOc1ccc(NC(=O)NC2CC3CCC(C2)N3Cc2ccccc2)cn1. The van der Waals surface area contributed by atoms with Crippen LogP contribution in [0.25, 0.3) is 0 Å². The molecule has 2 aromatic rings. The van der Waals surface area contributed by atoms with Crippen molar-refractivity contribution in [2.45, 2.75) is 50.4 Å². The Morgan fingerprint density at radius 2 is 1.87 bits per heavy atom. The van der Waals surface area contributed by atoms with E-state index in [0.29, 0.717) is 36.9 Å². The third-order valence-electron chi connectivity index (χ3n) is 5.96. The summed E-state index contributed by atoms with van der Waals surface area (Å²) in [5.41, 5.74) is 2.01. The van der Waals surface area contributed by atoms with Crippen LogP contribution in [-0.2, 0) is 11.3 Å². The number of methoxy groups -OCH3 is 1. The van der Waals surface area contributed by atoms with Gasteiger partial charge >= 0.3 is 6.03 Å². The van der Waals surface area contributed by atoms with Gasteiger partial charge in [-0.15, -0.1) is 0 Å². The summed E-state index contributed by atoms with van der Waals surface area (Å²) in [4.78, 5) is 19.3. The van der Waals surface area contributed by atoms with Crippen molar-refractivity contribution in [3.8, 4) is 5.88 Å². The van der Waals surface area contributed by atoms with Crippen LogP contribution in [0.2, 0.25) is 0 Å². The Labute approximate surface area is 177 Å². The number of anilines is 1. The fourth-order valence-corrected chi connectivity index (χ4v) is 4.57. The van der Waals surface area contributed by atoms with Gasteiger partial charge in [-0.1, -0.05) is 30.3 Å². The molecule has 2 aliphatic rings. The van der Waals surface area contributed by atoms with Crippen LogP contribution in [0.4, 0.5) is 10.5 Å². The highest BCUT2D eigenvalue weighted by Crippen LogP contribution is 2.36. The highest BCUT2D eigenvalue weighted by molar-refractivity contribution is 5.89. The third kappa shape index (κ3) is 5.29. The van der Waals surface area contributed by atoms with Crippen LogP contribution in [0.5, 0.6) is 5.88 Å². The quantitative estimate of drug-likeness (QED) is 0.652. The van der Waals surface area contributed by atoms with Crippen molar-refractivity contribution in [2.75, 3.05) is 25.6 Å². The molecule has 2 fully saturated rings. The van der Waals surface area contributed by atoms with Gasteiger partial charge in [-0.3, -0.25) is 4.90 Å². The minimum absolute atomic E-state index is 0.175. The second kappa shape index (κ2) is 9.91. The van der Waals surface area contributed by atoms with E-state index < -0.39 is 0 Å². The molecule has 160 valence electrons. The molecular formula is C23H30N4O3. The lowest BCUT2D eigenvalue weighted by molar-refractivity contribution is 0.112. The molecule has 1 aromatic heterocycles. The predicted molar refractivity (Wildman–Crippen MR) is 116 cm³/mol. The van der Waals surface area contributed by atoms with Gasteiger partial charge in [0.15, 0.2) is 0 Å². The molecular weight excluding hydrogens is 380 g/mol. The number of benzene rings is 1. The van der Waals surface area contributed by atoms with Gasteiger partial charge in [0.25, 0.3) is 0 Å². The second-order valence-electron chi connectivity index (χ2n) is 8.04. The lowest BCUT2D eigenvalue weighted by Crippen LogP contribution is -2.50. The Balaban J connectivity index is 1.25. The number of pyridine rings is 1. The van der Waals surface area contributed by atoms with Gasteiger partial charge in [0.2, 0.25) is 5.88 Å². The zero-order chi connectivity index (χ0) is 20.8. The Morgan fingerprint density at radius 3 is 2.53 bits per heavy atom. The smallest absolute Gasteiger partial charge is 0.319 e. The van der Waals surface area contributed by atoms with Crippen LogP contribution in [-0.4, -0.2) is 54.4 Å². The van der Waals surface area contributed by atoms with Crippen LogP contribution in [0, 0.1) is 0 Å². The molecule has 3 heterocycles. The van der Waals surface area contributed by atoms with Gasteiger partial charge in [0.1, 0.15) is 6.61 Å². The van der Waals surface area contributed by atoms with E-state index in [0.717, 1.165) is 19.4 Å². The average Bonchev–Trinajstić information content (AvgIpc) is 2.98. The monoisotopic (exact) mass is 410 g/mol.